The summed E-state index contributed by atoms with van der Waals surface area (Å²) >= 11 is 9.29. The highest BCUT2D eigenvalue weighted by atomic mass is 79.9. The first-order valence-electron chi connectivity index (χ1n) is 8.90. The van der Waals surface area contributed by atoms with E-state index in [4.69, 9.17) is 30.5 Å². The molecule has 1 fully saturated rings. The summed E-state index contributed by atoms with van der Waals surface area (Å²) in [5, 5.41) is 4.96. The Balaban J connectivity index is 1.70. The maximum atomic E-state index is 6.17. The van der Waals surface area contributed by atoms with Gasteiger partial charge in [0.15, 0.2) is 18.2 Å². The van der Waals surface area contributed by atoms with Crippen LogP contribution in [0.3, 0.4) is 0 Å². The van der Waals surface area contributed by atoms with Gasteiger partial charge in [0.2, 0.25) is 4.73 Å². The van der Waals surface area contributed by atoms with Crippen molar-refractivity contribution in [3.63, 3.8) is 0 Å². The zero-order valence-electron chi connectivity index (χ0n) is 15.1. The number of hydrogen-bond donors (Lipinski definition) is 0. The van der Waals surface area contributed by atoms with Gasteiger partial charge in [-0.15, -0.1) is 5.10 Å². The molecule has 0 N–H and O–H groups in total. The first kappa shape index (κ1) is 20.5. The van der Waals surface area contributed by atoms with Gasteiger partial charge in [-0.2, -0.15) is 0 Å². The number of ether oxygens (including phenoxy) is 4. The summed E-state index contributed by atoms with van der Waals surface area (Å²) in [4.78, 5) is 4.46. The van der Waals surface area contributed by atoms with E-state index in [1.54, 1.807) is 23.9 Å². The van der Waals surface area contributed by atoms with Gasteiger partial charge in [0.25, 0.3) is 0 Å². The van der Waals surface area contributed by atoms with Crippen LogP contribution >= 0.6 is 27.5 Å². The normalized spacial score (nSPS) is 18.4. The van der Waals surface area contributed by atoms with Gasteiger partial charge in [-0.05, 0) is 59.5 Å². The number of rotatable bonds is 9. The van der Waals surface area contributed by atoms with E-state index in [0.717, 1.165) is 25.9 Å². The Labute approximate surface area is 172 Å². The minimum atomic E-state index is -0.358. The maximum Gasteiger partial charge on any atom is 0.217 e. The van der Waals surface area contributed by atoms with Crippen LogP contribution in [-0.2, 0) is 20.9 Å². The van der Waals surface area contributed by atoms with Crippen LogP contribution in [0.4, 0.5) is 0 Å². The van der Waals surface area contributed by atoms with E-state index in [0.29, 0.717) is 34.4 Å². The van der Waals surface area contributed by atoms with Gasteiger partial charge in [0, 0.05) is 25.2 Å². The van der Waals surface area contributed by atoms with Crippen molar-refractivity contribution in [2.45, 2.75) is 44.8 Å². The summed E-state index contributed by atoms with van der Waals surface area (Å²) in [6.07, 6.45) is 3.24. The quantitative estimate of drug-likeness (QED) is 0.554. The SMILES string of the molecule is COCn1nc(Br)nc1C(CCOC1CCCCO1)Oc1ccc(Cl)cc1. The van der Waals surface area contributed by atoms with Crippen molar-refractivity contribution in [3.8, 4) is 5.75 Å². The van der Waals surface area contributed by atoms with Crippen LogP contribution in [0.1, 0.15) is 37.6 Å². The lowest BCUT2D eigenvalue weighted by atomic mass is 10.2. The van der Waals surface area contributed by atoms with Gasteiger partial charge in [-0.25, -0.2) is 9.67 Å². The summed E-state index contributed by atoms with van der Waals surface area (Å²) in [5.74, 6) is 1.35. The van der Waals surface area contributed by atoms with E-state index in [2.05, 4.69) is 26.0 Å². The van der Waals surface area contributed by atoms with Crippen molar-refractivity contribution < 1.29 is 18.9 Å². The third-order valence-corrected chi connectivity index (χ3v) is 4.72. The molecule has 0 spiro atoms. The van der Waals surface area contributed by atoms with Gasteiger partial charge < -0.3 is 18.9 Å². The van der Waals surface area contributed by atoms with E-state index < -0.39 is 0 Å². The zero-order chi connectivity index (χ0) is 19.1. The molecule has 2 unspecified atom stereocenters. The van der Waals surface area contributed by atoms with Crippen LogP contribution in [-0.4, -0.2) is 41.4 Å². The fraction of sp³-hybridized carbons (Fsp3) is 0.556. The van der Waals surface area contributed by atoms with Crippen LogP contribution in [0.15, 0.2) is 29.0 Å². The lowest BCUT2D eigenvalue weighted by Crippen LogP contribution is -2.24. The van der Waals surface area contributed by atoms with E-state index >= 15 is 0 Å². The van der Waals surface area contributed by atoms with Crippen molar-refractivity contribution >= 4 is 27.5 Å². The van der Waals surface area contributed by atoms with Crippen molar-refractivity contribution in [3.05, 3.63) is 39.8 Å². The lowest BCUT2D eigenvalue weighted by molar-refractivity contribution is -0.165. The summed E-state index contributed by atoms with van der Waals surface area (Å²) in [5.41, 5.74) is 0. The van der Waals surface area contributed by atoms with Crippen molar-refractivity contribution in [2.24, 2.45) is 0 Å². The Kier molecular flexibility index (Phi) is 7.90. The molecule has 1 aliphatic rings. The third-order valence-electron chi connectivity index (χ3n) is 4.13. The molecular weight excluding hydrogens is 438 g/mol. The second-order valence-electron chi connectivity index (χ2n) is 6.17. The van der Waals surface area contributed by atoms with E-state index in [1.165, 1.54) is 0 Å². The highest BCUT2D eigenvalue weighted by Crippen LogP contribution is 2.27. The molecule has 148 valence electrons. The molecule has 2 atom stereocenters. The minimum absolute atomic E-state index is 0.140. The van der Waals surface area contributed by atoms with E-state index in [1.807, 2.05) is 12.1 Å². The predicted octanol–water partition coefficient (Wildman–Crippen LogP) is 4.35. The van der Waals surface area contributed by atoms with Crippen LogP contribution in [0, 0.1) is 0 Å². The second kappa shape index (κ2) is 10.4. The molecule has 0 saturated carbocycles. The minimum Gasteiger partial charge on any atom is -0.482 e. The van der Waals surface area contributed by atoms with Gasteiger partial charge in [0.1, 0.15) is 12.5 Å². The second-order valence-corrected chi connectivity index (χ2v) is 7.32. The Hall–Kier alpha value is -1.19. The summed E-state index contributed by atoms with van der Waals surface area (Å²) in [6.45, 7) is 1.52. The number of halogens is 2. The lowest BCUT2D eigenvalue weighted by Gasteiger charge is -2.24. The number of hydrogen-bond acceptors (Lipinski definition) is 6. The summed E-state index contributed by atoms with van der Waals surface area (Å²) in [6, 6.07) is 7.23. The zero-order valence-corrected chi connectivity index (χ0v) is 17.5. The maximum absolute atomic E-state index is 6.17. The first-order chi connectivity index (χ1) is 13.2. The highest BCUT2D eigenvalue weighted by molar-refractivity contribution is 9.10. The number of benzene rings is 1. The molecule has 0 aliphatic carbocycles. The van der Waals surface area contributed by atoms with Crippen LogP contribution in [0.5, 0.6) is 5.75 Å². The summed E-state index contributed by atoms with van der Waals surface area (Å²) < 4.78 is 25.0. The van der Waals surface area contributed by atoms with Crippen LogP contribution in [0.2, 0.25) is 5.02 Å². The van der Waals surface area contributed by atoms with Crippen molar-refractivity contribution in [1.29, 1.82) is 0 Å². The number of methoxy groups -OCH3 is 1. The monoisotopic (exact) mass is 459 g/mol. The van der Waals surface area contributed by atoms with Crippen LogP contribution < -0.4 is 4.74 Å². The van der Waals surface area contributed by atoms with Gasteiger partial charge >= 0.3 is 0 Å². The van der Waals surface area contributed by atoms with Crippen LogP contribution in [0.25, 0.3) is 0 Å². The summed E-state index contributed by atoms with van der Waals surface area (Å²) in [7, 11) is 1.61. The fourth-order valence-electron chi connectivity index (χ4n) is 2.85. The Morgan fingerprint density at radius 2 is 2.15 bits per heavy atom. The predicted molar refractivity (Wildman–Crippen MR) is 104 cm³/mol. The molecule has 3 rings (SSSR count). The molecule has 0 radical (unpaired) electrons. The third kappa shape index (κ3) is 6.15. The average Bonchev–Trinajstić information content (AvgIpc) is 3.04. The molecule has 0 amide bonds. The highest BCUT2D eigenvalue weighted by Gasteiger charge is 2.23. The Bertz CT molecular complexity index is 707. The standard InChI is InChI=1S/C18H23BrClN3O4/c1-24-12-23-17(21-18(19)22-23)15(27-14-7-5-13(20)6-8-14)9-11-26-16-4-2-3-10-25-16/h5-8,15-16H,2-4,9-12H2,1H3. The van der Waals surface area contributed by atoms with Gasteiger partial charge in [-0.3, -0.25) is 0 Å². The topological polar surface area (TPSA) is 67.6 Å². The number of nitrogens with zero attached hydrogens (tertiary/aromatic N) is 3. The van der Waals surface area contributed by atoms with Gasteiger partial charge in [-0.1, -0.05) is 11.6 Å². The molecule has 0 bridgehead atoms. The fourth-order valence-corrected chi connectivity index (χ4v) is 3.35. The van der Waals surface area contributed by atoms with Crippen molar-refractivity contribution in [2.75, 3.05) is 20.3 Å². The smallest absolute Gasteiger partial charge is 0.217 e. The molecule has 2 aromatic rings. The molecular formula is C18H23BrClN3O4. The molecule has 27 heavy (non-hydrogen) atoms. The number of aromatic nitrogens is 3. The first-order valence-corrected chi connectivity index (χ1v) is 10.1. The Morgan fingerprint density at radius 3 is 2.85 bits per heavy atom. The molecule has 7 nitrogen and oxygen atoms in total. The molecule has 1 aromatic heterocycles. The van der Waals surface area contributed by atoms with Gasteiger partial charge in [0.05, 0.1) is 6.61 Å². The molecule has 2 heterocycles. The molecule has 9 heteroatoms. The van der Waals surface area contributed by atoms with E-state index in [-0.39, 0.29) is 19.1 Å². The van der Waals surface area contributed by atoms with Crippen molar-refractivity contribution in [1.82, 2.24) is 14.8 Å². The Morgan fingerprint density at radius 1 is 1.33 bits per heavy atom. The average molecular weight is 461 g/mol. The largest absolute Gasteiger partial charge is 0.482 e. The molecule has 1 aliphatic heterocycles. The molecule has 1 aromatic carbocycles. The van der Waals surface area contributed by atoms with E-state index in [9.17, 15) is 0 Å². The molecule has 1 saturated heterocycles.